The predicted octanol–water partition coefficient (Wildman–Crippen LogP) is 2.07. The topological polar surface area (TPSA) is 44.8 Å². The number of benzene rings is 1. The number of carbonyl (C=O) groups excluding carboxylic acids is 1. The molecule has 1 N–H and O–H groups in total. The molecule has 2 saturated heterocycles. The summed E-state index contributed by atoms with van der Waals surface area (Å²) in [4.78, 5) is 16.0. The Morgan fingerprint density at radius 1 is 1.27 bits per heavy atom. The number of amides is 2. The molecule has 2 aliphatic rings. The molecule has 0 unspecified atom stereocenters. The van der Waals surface area contributed by atoms with Gasteiger partial charge in [0, 0.05) is 32.7 Å². The Hall–Kier alpha value is -1.75. The first-order valence-electron chi connectivity index (χ1n) is 8.25. The van der Waals surface area contributed by atoms with E-state index < -0.39 is 0 Å². The van der Waals surface area contributed by atoms with E-state index in [1.165, 1.54) is 5.56 Å². The normalized spacial score (nSPS) is 21.6. The van der Waals surface area contributed by atoms with E-state index in [0.717, 1.165) is 57.9 Å². The van der Waals surface area contributed by atoms with E-state index in [-0.39, 0.29) is 6.03 Å². The number of unbranched alkanes of at least 4 members (excludes halogenated alkanes) is 1. The quantitative estimate of drug-likeness (QED) is 0.818. The first kappa shape index (κ1) is 15.2. The Bertz CT molecular complexity index is 503. The summed E-state index contributed by atoms with van der Waals surface area (Å²) < 4.78 is 5.69. The fraction of sp³-hybridized carbons (Fsp3) is 0.588. The van der Waals surface area contributed by atoms with Gasteiger partial charge >= 0.3 is 6.03 Å². The third-order valence-corrected chi connectivity index (χ3v) is 4.41. The van der Waals surface area contributed by atoms with E-state index in [0.29, 0.717) is 6.04 Å². The van der Waals surface area contributed by atoms with E-state index in [9.17, 15) is 4.79 Å². The highest BCUT2D eigenvalue weighted by Gasteiger charge is 2.35. The van der Waals surface area contributed by atoms with E-state index in [1.807, 2.05) is 4.90 Å². The van der Waals surface area contributed by atoms with Crippen LogP contribution in [0.2, 0.25) is 0 Å². The molecule has 0 aromatic heterocycles. The summed E-state index contributed by atoms with van der Waals surface area (Å²) in [6, 6.07) is 8.83. The molecule has 22 heavy (non-hydrogen) atoms. The number of ether oxygens (including phenoxy) is 1. The van der Waals surface area contributed by atoms with Crippen LogP contribution in [0, 0.1) is 0 Å². The molecular formula is C17H25N3O2. The molecule has 3 rings (SSSR count). The van der Waals surface area contributed by atoms with Crippen molar-refractivity contribution in [2.24, 2.45) is 0 Å². The van der Waals surface area contributed by atoms with E-state index in [1.54, 1.807) is 0 Å². The van der Waals surface area contributed by atoms with Gasteiger partial charge in [-0.15, -0.1) is 0 Å². The highest BCUT2D eigenvalue weighted by molar-refractivity contribution is 5.77. The maximum absolute atomic E-state index is 11.6. The Kier molecular flexibility index (Phi) is 4.83. The van der Waals surface area contributed by atoms with Crippen molar-refractivity contribution >= 4 is 6.03 Å². The molecule has 0 spiro atoms. The van der Waals surface area contributed by atoms with Gasteiger partial charge in [-0.1, -0.05) is 25.5 Å². The minimum absolute atomic E-state index is 0.0956. The largest absolute Gasteiger partial charge is 0.494 e. The molecule has 120 valence electrons. The minimum atomic E-state index is 0.0956. The Balaban J connectivity index is 1.50. The van der Waals surface area contributed by atoms with Crippen LogP contribution in [-0.2, 0) is 6.54 Å². The average molecular weight is 303 g/mol. The van der Waals surface area contributed by atoms with Gasteiger partial charge in [0.2, 0.25) is 0 Å². The molecule has 2 fully saturated rings. The summed E-state index contributed by atoms with van der Waals surface area (Å²) in [6.45, 7) is 7.40. The molecule has 5 heteroatoms. The molecule has 0 aliphatic carbocycles. The zero-order chi connectivity index (χ0) is 15.4. The van der Waals surface area contributed by atoms with Crippen molar-refractivity contribution in [3.8, 4) is 5.75 Å². The highest BCUT2D eigenvalue weighted by Crippen LogP contribution is 2.18. The lowest BCUT2D eigenvalue weighted by molar-refractivity contribution is 0.116. The number of piperazine rings is 1. The zero-order valence-corrected chi connectivity index (χ0v) is 13.3. The number of hydrogen-bond acceptors (Lipinski definition) is 3. The monoisotopic (exact) mass is 303 g/mol. The van der Waals surface area contributed by atoms with Gasteiger partial charge in [0.25, 0.3) is 0 Å². The second-order valence-corrected chi connectivity index (χ2v) is 6.11. The van der Waals surface area contributed by atoms with Crippen molar-refractivity contribution in [2.75, 3.05) is 32.8 Å². The highest BCUT2D eigenvalue weighted by atomic mass is 16.5. The Labute approximate surface area is 132 Å². The first-order chi connectivity index (χ1) is 10.8. The molecule has 0 bridgehead atoms. The second-order valence-electron chi connectivity index (χ2n) is 6.11. The molecule has 0 radical (unpaired) electrons. The Morgan fingerprint density at radius 2 is 2.09 bits per heavy atom. The van der Waals surface area contributed by atoms with Crippen LogP contribution in [0.5, 0.6) is 5.75 Å². The second kappa shape index (κ2) is 7.01. The van der Waals surface area contributed by atoms with Gasteiger partial charge in [0.05, 0.1) is 12.6 Å². The van der Waals surface area contributed by atoms with Crippen LogP contribution in [0.4, 0.5) is 4.79 Å². The third kappa shape index (κ3) is 3.53. The third-order valence-electron chi connectivity index (χ3n) is 4.41. The van der Waals surface area contributed by atoms with Gasteiger partial charge in [0.15, 0.2) is 0 Å². The summed E-state index contributed by atoms with van der Waals surface area (Å²) in [5, 5.41) is 2.92. The number of nitrogens with one attached hydrogen (secondary N) is 1. The van der Waals surface area contributed by atoms with Crippen molar-refractivity contribution in [1.82, 2.24) is 15.1 Å². The molecule has 2 heterocycles. The molecule has 0 saturated carbocycles. The number of carbonyl (C=O) groups is 1. The van der Waals surface area contributed by atoms with Gasteiger partial charge in [-0.05, 0) is 24.1 Å². The molecule has 5 nitrogen and oxygen atoms in total. The van der Waals surface area contributed by atoms with E-state index >= 15 is 0 Å². The van der Waals surface area contributed by atoms with Crippen molar-refractivity contribution in [2.45, 2.75) is 32.4 Å². The maximum Gasteiger partial charge on any atom is 0.317 e. The van der Waals surface area contributed by atoms with Crippen LogP contribution in [0.15, 0.2) is 24.3 Å². The summed E-state index contributed by atoms with van der Waals surface area (Å²) in [7, 11) is 0. The van der Waals surface area contributed by atoms with E-state index in [2.05, 4.69) is 41.4 Å². The summed E-state index contributed by atoms with van der Waals surface area (Å²) in [5.41, 5.74) is 1.30. The number of hydrogen-bond donors (Lipinski definition) is 1. The molecule has 2 amide bonds. The van der Waals surface area contributed by atoms with Crippen LogP contribution >= 0.6 is 0 Å². The average Bonchev–Trinajstić information content (AvgIpc) is 2.90. The minimum Gasteiger partial charge on any atom is -0.494 e. The Morgan fingerprint density at radius 3 is 2.86 bits per heavy atom. The molecule has 2 aliphatic heterocycles. The number of urea groups is 1. The maximum atomic E-state index is 11.6. The fourth-order valence-electron chi connectivity index (χ4n) is 3.10. The zero-order valence-electron chi connectivity index (χ0n) is 13.3. The lowest BCUT2D eigenvalue weighted by Gasteiger charge is -2.36. The van der Waals surface area contributed by atoms with E-state index in [4.69, 9.17) is 4.74 Å². The smallest absolute Gasteiger partial charge is 0.317 e. The molecule has 1 aromatic carbocycles. The van der Waals surface area contributed by atoms with Gasteiger partial charge in [-0.2, -0.15) is 0 Å². The van der Waals surface area contributed by atoms with Crippen LogP contribution < -0.4 is 10.1 Å². The van der Waals surface area contributed by atoms with Crippen molar-refractivity contribution in [1.29, 1.82) is 0 Å². The lowest BCUT2D eigenvalue weighted by atomic mass is 10.1. The number of fused-ring (bicyclic) bond motifs is 1. The van der Waals surface area contributed by atoms with Crippen molar-refractivity contribution in [3.05, 3.63) is 29.8 Å². The van der Waals surface area contributed by atoms with Crippen molar-refractivity contribution in [3.63, 3.8) is 0 Å². The van der Waals surface area contributed by atoms with Gasteiger partial charge in [-0.3, -0.25) is 4.90 Å². The lowest BCUT2D eigenvalue weighted by Crippen LogP contribution is -2.51. The SMILES string of the molecule is CCCCOc1ccc(CN2CCN3C(=O)NC[C@@H]3C2)cc1. The molecule has 1 aromatic rings. The number of nitrogens with zero attached hydrogens (tertiary/aromatic N) is 2. The van der Waals surface area contributed by atoms with Gasteiger partial charge < -0.3 is 15.0 Å². The van der Waals surface area contributed by atoms with Gasteiger partial charge in [0.1, 0.15) is 5.75 Å². The van der Waals surface area contributed by atoms with Crippen LogP contribution in [0.3, 0.4) is 0 Å². The summed E-state index contributed by atoms with van der Waals surface area (Å²) in [5.74, 6) is 0.951. The predicted molar refractivity (Wildman–Crippen MR) is 86.0 cm³/mol. The van der Waals surface area contributed by atoms with Gasteiger partial charge in [-0.25, -0.2) is 4.79 Å². The molecule has 1 atom stereocenters. The fourth-order valence-corrected chi connectivity index (χ4v) is 3.10. The van der Waals surface area contributed by atoms with Crippen LogP contribution in [0.25, 0.3) is 0 Å². The molecular weight excluding hydrogens is 278 g/mol. The van der Waals surface area contributed by atoms with Crippen LogP contribution in [-0.4, -0.2) is 54.7 Å². The first-order valence-corrected chi connectivity index (χ1v) is 8.25. The summed E-state index contributed by atoms with van der Waals surface area (Å²) in [6.07, 6.45) is 2.25. The summed E-state index contributed by atoms with van der Waals surface area (Å²) >= 11 is 0. The standard InChI is InChI=1S/C17H25N3O2/c1-2-3-10-22-16-6-4-14(5-7-16)12-19-8-9-20-15(13-19)11-18-17(20)21/h4-7,15H,2-3,8-13H2,1H3,(H,18,21)/t15-/m1/s1. The number of rotatable bonds is 6. The van der Waals surface area contributed by atoms with Crippen molar-refractivity contribution < 1.29 is 9.53 Å². The van der Waals surface area contributed by atoms with Crippen LogP contribution in [0.1, 0.15) is 25.3 Å².